The van der Waals surface area contributed by atoms with Gasteiger partial charge in [-0.1, -0.05) is 6.92 Å². The summed E-state index contributed by atoms with van der Waals surface area (Å²) >= 11 is 0. The number of phenols is 1. The molecule has 1 heterocycles. The smallest absolute Gasteiger partial charge is 0.231 e. The first-order valence-electron chi connectivity index (χ1n) is 7.14. The number of hydrogen-bond donors (Lipinski definition) is 3. The zero-order valence-electron chi connectivity index (χ0n) is 12.4. The molecule has 0 bridgehead atoms. The van der Waals surface area contributed by atoms with E-state index in [0.29, 0.717) is 24.7 Å². The van der Waals surface area contributed by atoms with Gasteiger partial charge in [0.2, 0.25) is 5.91 Å². The molecule has 6 heteroatoms. The van der Waals surface area contributed by atoms with Crippen LogP contribution < -0.4 is 15.4 Å². The Balaban J connectivity index is 1.98. The van der Waals surface area contributed by atoms with E-state index in [1.165, 1.54) is 13.2 Å². The second-order valence-corrected chi connectivity index (χ2v) is 5.08. The number of rotatable bonds is 6. The molecular formula is C15H22N2O4. The summed E-state index contributed by atoms with van der Waals surface area (Å²) in [6.07, 6.45) is 1.01. The van der Waals surface area contributed by atoms with Crippen molar-refractivity contribution >= 4 is 11.6 Å². The first-order chi connectivity index (χ1) is 10.2. The van der Waals surface area contributed by atoms with Crippen LogP contribution in [0.15, 0.2) is 18.2 Å². The molecule has 0 spiro atoms. The van der Waals surface area contributed by atoms with E-state index in [9.17, 15) is 9.90 Å². The largest absolute Gasteiger partial charge is 0.504 e. The lowest BCUT2D eigenvalue weighted by molar-refractivity contribution is -0.120. The predicted molar refractivity (Wildman–Crippen MR) is 79.7 cm³/mol. The summed E-state index contributed by atoms with van der Waals surface area (Å²) in [7, 11) is 1.48. The summed E-state index contributed by atoms with van der Waals surface area (Å²) in [5.41, 5.74) is 0.541. The molecule has 1 aromatic carbocycles. The van der Waals surface area contributed by atoms with Crippen molar-refractivity contribution in [1.29, 1.82) is 0 Å². The second-order valence-electron chi connectivity index (χ2n) is 5.08. The second kappa shape index (κ2) is 7.28. The minimum absolute atomic E-state index is 0.00127. The van der Waals surface area contributed by atoms with Crippen molar-refractivity contribution in [3.63, 3.8) is 0 Å². The highest BCUT2D eigenvalue weighted by molar-refractivity contribution is 5.93. The van der Waals surface area contributed by atoms with Crippen molar-refractivity contribution in [2.75, 3.05) is 32.2 Å². The Morgan fingerprint density at radius 1 is 1.48 bits per heavy atom. The van der Waals surface area contributed by atoms with Crippen LogP contribution >= 0.6 is 0 Å². The van der Waals surface area contributed by atoms with Gasteiger partial charge in [0.1, 0.15) is 0 Å². The molecule has 1 aromatic rings. The van der Waals surface area contributed by atoms with Crippen molar-refractivity contribution in [3.05, 3.63) is 18.2 Å². The molecule has 21 heavy (non-hydrogen) atoms. The maximum absolute atomic E-state index is 12.3. The molecule has 2 atom stereocenters. The molecule has 1 fully saturated rings. The Labute approximate surface area is 124 Å². The van der Waals surface area contributed by atoms with Crippen molar-refractivity contribution < 1.29 is 19.4 Å². The molecule has 6 nitrogen and oxygen atoms in total. The Hall–Kier alpha value is -1.79. The number of nitrogens with one attached hydrogen (secondary N) is 2. The number of methoxy groups -OCH3 is 1. The lowest BCUT2D eigenvalue weighted by atomic mass is 10.0. The molecule has 0 aromatic heterocycles. The highest BCUT2D eigenvalue weighted by Gasteiger charge is 2.33. The van der Waals surface area contributed by atoms with Crippen LogP contribution in [0.1, 0.15) is 13.3 Å². The van der Waals surface area contributed by atoms with Crippen molar-refractivity contribution in [3.8, 4) is 11.5 Å². The van der Waals surface area contributed by atoms with E-state index in [4.69, 9.17) is 9.47 Å². The molecular weight excluding hydrogens is 272 g/mol. The minimum atomic E-state index is -0.221. The van der Waals surface area contributed by atoms with Gasteiger partial charge in [-0.2, -0.15) is 0 Å². The lowest BCUT2D eigenvalue weighted by Crippen LogP contribution is -2.41. The molecule has 3 N–H and O–H groups in total. The molecule has 1 saturated heterocycles. The van der Waals surface area contributed by atoms with Gasteiger partial charge in [0.15, 0.2) is 11.5 Å². The fourth-order valence-electron chi connectivity index (χ4n) is 2.35. The van der Waals surface area contributed by atoms with Gasteiger partial charge >= 0.3 is 0 Å². The number of benzene rings is 1. The molecule has 2 rings (SSSR count). The normalized spacial score (nSPS) is 21.2. The van der Waals surface area contributed by atoms with E-state index >= 15 is 0 Å². The van der Waals surface area contributed by atoms with Crippen LogP contribution in [0.5, 0.6) is 11.5 Å². The van der Waals surface area contributed by atoms with Crippen LogP contribution in [0, 0.1) is 5.92 Å². The van der Waals surface area contributed by atoms with Crippen LogP contribution in [-0.2, 0) is 9.53 Å². The average molecular weight is 294 g/mol. The first kappa shape index (κ1) is 15.6. The van der Waals surface area contributed by atoms with Crippen LogP contribution in [-0.4, -0.2) is 43.9 Å². The minimum Gasteiger partial charge on any atom is -0.504 e. The van der Waals surface area contributed by atoms with Gasteiger partial charge < -0.3 is 25.2 Å². The van der Waals surface area contributed by atoms with Gasteiger partial charge in [0, 0.05) is 17.8 Å². The molecule has 0 saturated carbocycles. The first-order valence-corrected chi connectivity index (χ1v) is 7.14. The van der Waals surface area contributed by atoms with E-state index in [0.717, 1.165) is 13.0 Å². The number of carbonyl (C=O) groups is 1. The van der Waals surface area contributed by atoms with Gasteiger partial charge in [-0.25, -0.2) is 0 Å². The fourth-order valence-corrected chi connectivity index (χ4v) is 2.35. The maximum Gasteiger partial charge on any atom is 0.231 e. The van der Waals surface area contributed by atoms with E-state index in [-0.39, 0.29) is 23.6 Å². The number of anilines is 1. The van der Waals surface area contributed by atoms with Gasteiger partial charge in [0.25, 0.3) is 0 Å². The summed E-state index contributed by atoms with van der Waals surface area (Å²) in [6, 6.07) is 4.82. The molecule has 1 amide bonds. The summed E-state index contributed by atoms with van der Waals surface area (Å²) in [4.78, 5) is 12.3. The van der Waals surface area contributed by atoms with Crippen molar-refractivity contribution in [1.82, 2.24) is 5.32 Å². The third kappa shape index (κ3) is 3.86. The third-order valence-electron chi connectivity index (χ3n) is 3.52. The van der Waals surface area contributed by atoms with Crippen LogP contribution in [0.4, 0.5) is 5.69 Å². The van der Waals surface area contributed by atoms with Crippen LogP contribution in [0.3, 0.4) is 0 Å². The number of phenolic OH excluding ortho intramolecular Hbond substituents is 1. The molecule has 1 aliphatic rings. The zero-order chi connectivity index (χ0) is 15.2. The fraction of sp³-hybridized carbons (Fsp3) is 0.533. The van der Waals surface area contributed by atoms with E-state index < -0.39 is 0 Å². The molecule has 1 aliphatic heterocycles. The number of aromatic hydroxyl groups is 1. The van der Waals surface area contributed by atoms with Crippen LogP contribution in [0.25, 0.3) is 0 Å². The third-order valence-corrected chi connectivity index (χ3v) is 3.52. The topological polar surface area (TPSA) is 79.8 Å². The summed E-state index contributed by atoms with van der Waals surface area (Å²) in [5.74, 6) is 0.0461. The van der Waals surface area contributed by atoms with Crippen molar-refractivity contribution in [2.45, 2.75) is 19.4 Å². The Morgan fingerprint density at radius 2 is 2.29 bits per heavy atom. The zero-order valence-corrected chi connectivity index (χ0v) is 12.4. The quantitative estimate of drug-likeness (QED) is 0.738. The standard InChI is InChI=1S/C15H22N2O4/c1-3-6-16-12-9-21-8-11(12)15(19)17-10-4-5-14(20-2)13(18)7-10/h4-5,7,11-12,16,18H,3,6,8-9H2,1-2H3,(H,17,19). The van der Waals surface area contributed by atoms with E-state index in [1.54, 1.807) is 12.1 Å². The Morgan fingerprint density at radius 3 is 2.95 bits per heavy atom. The van der Waals surface area contributed by atoms with Crippen molar-refractivity contribution in [2.24, 2.45) is 5.92 Å². The number of amides is 1. The monoisotopic (exact) mass is 294 g/mol. The summed E-state index contributed by atoms with van der Waals surface area (Å²) < 4.78 is 10.4. The highest BCUT2D eigenvalue weighted by atomic mass is 16.5. The number of ether oxygens (including phenoxy) is 2. The lowest BCUT2D eigenvalue weighted by Gasteiger charge is -2.18. The molecule has 116 valence electrons. The summed E-state index contributed by atoms with van der Waals surface area (Å²) in [5, 5.41) is 15.9. The van der Waals surface area contributed by atoms with E-state index in [2.05, 4.69) is 17.6 Å². The maximum atomic E-state index is 12.3. The highest BCUT2D eigenvalue weighted by Crippen LogP contribution is 2.29. The van der Waals surface area contributed by atoms with Gasteiger partial charge in [0.05, 0.1) is 26.2 Å². The average Bonchev–Trinajstić information content (AvgIpc) is 2.93. The summed E-state index contributed by atoms with van der Waals surface area (Å²) in [6.45, 7) is 3.90. The van der Waals surface area contributed by atoms with Gasteiger partial charge in [-0.3, -0.25) is 4.79 Å². The van der Waals surface area contributed by atoms with Crippen LogP contribution in [0.2, 0.25) is 0 Å². The van der Waals surface area contributed by atoms with Gasteiger partial charge in [-0.05, 0) is 25.1 Å². The Kier molecular flexibility index (Phi) is 5.41. The Bertz CT molecular complexity index is 493. The van der Waals surface area contributed by atoms with E-state index in [1.807, 2.05) is 0 Å². The predicted octanol–water partition coefficient (Wildman–Crippen LogP) is 1.35. The van der Waals surface area contributed by atoms with Gasteiger partial charge in [-0.15, -0.1) is 0 Å². The number of carbonyl (C=O) groups excluding carboxylic acids is 1. The molecule has 2 unspecified atom stereocenters. The SMILES string of the molecule is CCCNC1COCC1C(=O)Nc1ccc(OC)c(O)c1. The molecule has 0 aliphatic carbocycles. The number of hydrogen-bond acceptors (Lipinski definition) is 5. The molecule has 0 radical (unpaired) electrons.